The molecule has 0 unspecified atom stereocenters. The highest BCUT2D eigenvalue weighted by Gasteiger charge is 2.33. The number of hydrogen-bond acceptors (Lipinski definition) is 3. The van der Waals surface area contributed by atoms with Gasteiger partial charge in [0.05, 0.1) is 5.56 Å². The van der Waals surface area contributed by atoms with Crippen molar-refractivity contribution in [1.82, 2.24) is 10.2 Å². The molecule has 0 saturated carbocycles. The van der Waals surface area contributed by atoms with Crippen molar-refractivity contribution in [3.8, 4) is 0 Å². The Kier molecular flexibility index (Phi) is 4.72. The lowest BCUT2D eigenvalue weighted by Crippen LogP contribution is -2.33. The maximum absolute atomic E-state index is 12.7. The van der Waals surface area contributed by atoms with Crippen molar-refractivity contribution in [2.75, 3.05) is 31.9 Å². The number of halogens is 3. The number of nitrogen functional groups attached to an aromatic ring is 1. The average molecular weight is 301 g/mol. The topological polar surface area (TPSA) is 58.4 Å². The zero-order valence-corrected chi connectivity index (χ0v) is 11.5. The number of nitrogens with two attached hydrogens (primary N) is 1. The standard InChI is InChI=1S/C14H18F3N3O/c15-14(16,17)11-9-10(3-4-12(11)18)13(21)19-5-8-20-6-1-2-7-20/h3-4,9H,1-2,5-8,18H2,(H,19,21). The summed E-state index contributed by atoms with van der Waals surface area (Å²) in [5.41, 5.74) is 3.91. The first-order valence-corrected chi connectivity index (χ1v) is 6.85. The molecule has 0 aromatic heterocycles. The van der Waals surface area contributed by atoms with Gasteiger partial charge in [-0.25, -0.2) is 0 Å². The van der Waals surface area contributed by atoms with E-state index in [0.717, 1.165) is 38.1 Å². The van der Waals surface area contributed by atoms with E-state index in [1.807, 2.05) is 0 Å². The molecule has 1 fully saturated rings. The summed E-state index contributed by atoms with van der Waals surface area (Å²) < 4.78 is 38.2. The smallest absolute Gasteiger partial charge is 0.398 e. The van der Waals surface area contributed by atoms with Crippen LogP contribution in [-0.4, -0.2) is 37.0 Å². The van der Waals surface area contributed by atoms with E-state index in [4.69, 9.17) is 5.73 Å². The summed E-state index contributed by atoms with van der Waals surface area (Å²) in [6, 6.07) is 3.20. The first-order chi connectivity index (χ1) is 9.88. The Balaban J connectivity index is 1.95. The lowest BCUT2D eigenvalue weighted by Gasteiger charge is -2.15. The third-order valence-electron chi connectivity index (χ3n) is 3.53. The Bertz CT molecular complexity index is 511. The molecule has 7 heteroatoms. The molecular weight excluding hydrogens is 283 g/mol. The molecule has 4 nitrogen and oxygen atoms in total. The van der Waals surface area contributed by atoms with Crippen LogP contribution >= 0.6 is 0 Å². The first kappa shape index (κ1) is 15.6. The molecule has 1 heterocycles. The fraction of sp³-hybridized carbons (Fsp3) is 0.500. The van der Waals surface area contributed by atoms with Gasteiger partial charge in [0.1, 0.15) is 0 Å². The summed E-state index contributed by atoms with van der Waals surface area (Å²) >= 11 is 0. The normalized spacial score (nSPS) is 16.1. The number of rotatable bonds is 4. The molecule has 21 heavy (non-hydrogen) atoms. The maximum Gasteiger partial charge on any atom is 0.418 e. The van der Waals surface area contributed by atoms with Crippen LogP contribution < -0.4 is 11.1 Å². The molecular formula is C14H18F3N3O. The van der Waals surface area contributed by atoms with E-state index in [0.29, 0.717) is 13.1 Å². The molecule has 116 valence electrons. The maximum atomic E-state index is 12.7. The molecule has 0 bridgehead atoms. The van der Waals surface area contributed by atoms with Crippen molar-refractivity contribution in [3.05, 3.63) is 29.3 Å². The van der Waals surface area contributed by atoms with Crippen LogP contribution in [0.25, 0.3) is 0 Å². The van der Waals surface area contributed by atoms with E-state index >= 15 is 0 Å². The molecule has 1 aromatic carbocycles. The van der Waals surface area contributed by atoms with Crippen molar-refractivity contribution in [1.29, 1.82) is 0 Å². The largest absolute Gasteiger partial charge is 0.418 e. The minimum absolute atomic E-state index is 0.0297. The minimum Gasteiger partial charge on any atom is -0.398 e. The predicted octanol–water partition coefficient (Wildman–Crippen LogP) is 2.11. The molecule has 1 aliphatic rings. The lowest BCUT2D eigenvalue weighted by molar-refractivity contribution is -0.136. The van der Waals surface area contributed by atoms with E-state index < -0.39 is 17.6 Å². The molecule has 0 spiro atoms. The zero-order chi connectivity index (χ0) is 15.5. The second kappa shape index (κ2) is 6.34. The van der Waals surface area contributed by atoms with E-state index in [2.05, 4.69) is 10.2 Å². The monoisotopic (exact) mass is 301 g/mol. The Morgan fingerprint density at radius 3 is 2.57 bits per heavy atom. The molecule has 3 N–H and O–H groups in total. The molecule has 2 rings (SSSR count). The van der Waals surface area contributed by atoms with Gasteiger partial charge in [0.25, 0.3) is 5.91 Å². The number of nitrogens with one attached hydrogen (secondary N) is 1. The SMILES string of the molecule is Nc1ccc(C(=O)NCCN2CCCC2)cc1C(F)(F)F. The number of carbonyl (C=O) groups excluding carboxylic acids is 1. The fourth-order valence-corrected chi connectivity index (χ4v) is 2.38. The predicted molar refractivity (Wildman–Crippen MR) is 73.9 cm³/mol. The van der Waals surface area contributed by atoms with Gasteiger partial charge >= 0.3 is 6.18 Å². The summed E-state index contributed by atoms with van der Waals surface area (Å²) in [6.45, 7) is 3.16. The second-order valence-electron chi connectivity index (χ2n) is 5.10. The van der Waals surface area contributed by atoms with Crippen LogP contribution in [0.3, 0.4) is 0 Å². The molecule has 1 saturated heterocycles. The summed E-state index contributed by atoms with van der Waals surface area (Å²) in [4.78, 5) is 14.1. The van der Waals surface area contributed by atoms with Crippen LogP contribution in [0.5, 0.6) is 0 Å². The van der Waals surface area contributed by atoms with Gasteiger partial charge in [0.2, 0.25) is 0 Å². The second-order valence-corrected chi connectivity index (χ2v) is 5.10. The van der Waals surface area contributed by atoms with E-state index in [1.165, 1.54) is 6.07 Å². The highest BCUT2D eigenvalue weighted by molar-refractivity contribution is 5.94. The summed E-state index contributed by atoms with van der Waals surface area (Å²) in [5.74, 6) is -0.514. The molecule has 1 aliphatic heterocycles. The van der Waals surface area contributed by atoms with Gasteiger partial charge < -0.3 is 16.0 Å². The number of likely N-dealkylation sites (tertiary alicyclic amines) is 1. The van der Waals surface area contributed by atoms with Crippen LogP contribution in [0.15, 0.2) is 18.2 Å². The minimum atomic E-state index is -4.56. The van der Waals surface area contributed by atoms with E-state index in [1.54, 1.807) is 0 Å². The van der Waals surface area contributed by atoms with Gasteiger partial charge in [0, 0.05) is 24.3 Å². The Morgan fingerprint density at radius 2 is 1.95 bits per heavy atom. The number of benzene rings is 1. The summed E-state index contributed by atoms with van der Waals surface area (Å²) in [6.07, 6.45) is -2.25. The average Bonchev–Trinajstić information content (AvgIpc) is 2.91. The van der Waals surface area contributed by atoms with Crippen LogP contribution in [0, 0.1) is 0 Å². The number of nitrogens with zero attached hydrogens (tertiary/aromatic N) is 1. The van der Waals surface area contributed by atoms with Crippen molar-refractivity contribution >= 4 is 11.6 Å². The molecule has 1 amide bonds. The molecule has 0 atom stereocenters. The Morgan fingerprint density at radius 1 is 1.29 bits per heavy atom. The van der Waals surface area contributed by atoms with Gasteiger partial charge in [-0.2, -0.15) is 13.2 Å². The lowest BCUT2D eigenvalue weighted by atomic mass is 10.1. The molecule has 0 radical (unpaired) electrons. The van der Waals surface area contributed by atoms with Crippen molar-refractivity contribution in [2.24, 2.45) is 0 Å². The first-order valence-electron chi connectivity index (χ1n) is 6.85. The third-order valence-corrected chi connectivity index (χ3v) is 3.53. The zero-order valence-electron chi connectivity index (χ0n) is 11.5. The van der Waals surface area contributed by atoms with Crippen LogP contribution in [0.1, 0.15) is 28.8 Å². The summed E-state index contributed by atoms with van der Waals surface area (Å²) in [5, 5.41) is 2.64. The van der Waals surface area contributed by atoms with Gasteiger partial charge in [-0.3, -0.25) is 4.79 Å². The molecule has 1 aromatic rings. The summed E-state index contributed by atoms with van der Waals surface area (Å²) in [7, 11) is 0. The van der Waals surface area contributed by atoms with Crippen molar-refractivity contribution in [3.63, 3.8) is 0 Å². The quantitative estimate of drug-likeness (QED) is 0.838. The van der Waals surface area contributed by atoms with Gasteiger partial charge in [-0.05, 0) is 44.1 Å². The number of anilines is 1. The van der Waals surface area contributed by atoms with Crippen molar-refractivity contribution in [2.45, 2.75) is 19.0 Å². The van der Waals surface area contributed by atoms with Gasteiger partial charge in [-0.1, -0.05) is 0 Å². The highest BCUT2D eigenvalue weighted by Crippen LogP contribution is 2.33. The molecule has 0 aliphatic carbocycles. The van der Waals surface area contributed by atoms with Crippen LogP contribution in [0.4, 0.5) is 18.9 Å². The van der Waals surface area contributed by atoms with E-state index in [-0.39, 0.29) is 11.3 Å². The van der Waals surface area contributed by atoms with Crippen LogP contribution in [0.2, 0.25) is 0 Å². The third kappa shape index (κ3) is 4.10. The highest BCUT2D eigenvalue weighted by atomic mass is 19.4. The Hall–Kier alpha value is -1.76. The number of alkyl halides is 3. The van der Waals surface area contributed by atoms with Gasteiger partial charge in [-0.15, -0.1) is 0 Å². The Labute approximate surface area is 121 Å². The van der Waals surface area contributed by atoms with E-state index in [9.17, 15) is 18.0 Å². The van der Waals surface area contributed by atoms with Crippen LogP contribution in [-0.2, 0) is 6.18 Å². The number of carbonyl (C=O) groups is 1. The van der Waals surface area contributed by atoms with Gasteiger partial charge in [0.15, 0.2) is 0 Å². The van der Waals surface area contributed by atoms with Crippen molar-refractivity contribution < 1.29 is 18.0 Å². The number of amides is 1. The fourth-order valence-electron chi connectivity index (χ4n) is 2.38. The number of hydrogen-bond donors (Lipinski definition) is 2.